The molecule has 0 fully saturated rings. The number of allylic oxidation sites excluding steroid dienone is 1. The van der Waals surface area contributed by atoms with Gasteiger partial charge in [-0.05, 0) is 55.4 Å². The van der Waals surface area contributed by atoms with Crippen LogP contribution in [0.5, 0.6) is 0 Å². The van der Waals surface area contributed by atoms with Gasteiger partial charge in [-0.2, -0.15) is 13.5 Å². The molecule has 6 heteroatoms. The van der Waals surface area contributed by atoms with E-state index in [0.29, 0.717) is 5.92 Å². The Balaban J connectivity index is 0.000000855. The molecule has 0 saturated heterocycles. The number of aliphatic hydroxyl groups is 1. The quantitative estimate of drug-likeness (QED) is 0.837. The fraction of sp³-hybridized carbons (Fsp3) is 0.476. The van der Waals surface area contributed by atoms with Crippen LogP contribution in [-0.2, 0) is 11.6 Å². The van der Waals surface area contributed by atoms with Crippen molar-refractivity contribution in [3.8, 4) is 0 Å². The number of rotatable bonds is 2. The molecule has 148 valence electrons. The number of aromatic nitrogens is 2. The first kappa shape index (κ1) is 23.0. The van der Waals surface area contributed by atoms with E-state index in [1.165, 1.54) is 16.8 Å². The summed E-state index contributed by atoms with van der Waals surface area (Å²) in [5, 5.41) is 15.3. The normalized spacial score (nSPS) is 24.6. The van der Waals surface area contributed by atoms with Gasteiger partial charge in [-0.3, -0.25) is 4.68 Å². The maximum atomic E-state index is 10.6. The molecule has 0 amide bonds. The van der Waals surface area contributed by atoms with Crippen LogP contribution in [0.1, 0.15) is 50.7 Å². The van der Waals surface area contributed by atoms with Crippen molar-refractivity contribution in [3.05, 3.63) is 59.4 Å². The SMILES string of the molecule is C.Cc1cc(C)n(C2C[C@@H](C)[C@H](C)[C@H](O)C=C2c2ccccc2)n1.O=S=O. The minimum Gasteiger partial charge on any atom is -0.389 e. The molecule has 0 bridgehead atoms. The van der Waals surface area contributed by atoms with Gasteiger partial charge >= 0.3 is 11.6 Å². The average molecular weight is 391 g/mol. The molecular weight excluding hydrogens is 360 g/mol. The topological polar surface area (TPSA) is 72.2 Å². The summed E-state index contributed by atoms with van der Waals surface area (Å²) in [4.78, 5) is 0. The second kappa shape index (κ2) is 10.3. The van der Waals surface area contributed by atoms with E-state index < -0.39 is 17.7 Å². The van der Waals surface area contributed by atoms with Gasteiger partial charge in [0.1, 0.15) is 0 Å². The van der Waals surface area contributed by atoms with Crippen molar-refractivity contribution in [2.45, 2.75) is 53.7 Å². The molecule has 1 aromatic heterocycles. The Morgan fingerprint density at radius 3 is 2.26 bits per heavy atom. The summed E-state index contributed by atoms with van der Waals surface area (Å²) < 4.78 is 18.7. The lowest BCUT2D eigenvalue weighted by Crippen LogP contribution is -2.21. The number of hydrogen-bond acceptors (Lipinski definition) is 4. The molecule has 1 N–H and O–H groups in total. The van der Waals surface area contributed by atoms with Crippen LogP contribution in [0.4, 0.5) is 0 Å². The first-order valence-corrected chi connectivity index (χ1v) is 9.45. The summed E-state index contributed by atoms with van der Waals surface area (Å²) in [6.07, 6.45) is 2.62. The Morgan fingerprint density at radius 2 is 1.74 bits per heavy atom. The summed E-state index contributed by atoms with van der Waals surface area (Å²) >= 11 is -0.750. The predicted octanol–water partition coefficient (Wildman–Crippen LogP) is 4.13. The lowest BCUT2D eigenvalue weighted by molar-refractivity contribution is 0.126. The van der Waals surface area contributed by atoms with Gasteiger partial charge in [0.05, 0.1) is 17.8 Å². The van der Waals surface area contributed by atoms with Gasteiger partial charge < -0.3 is 5.11 Å². The van der Waals surface area contributed by atoms with Crippen LogP contribution in [0.15, 0.2) is 42.5 Å². The molecular formula is C21H30N2O3S. The number of aryl methyl sites for hydroxylation is 2. The Kier molecular flexibility index (Phi) is 8.79. The number of hydrogen-bond donors (Lipinski definition) is 1. The minimum atomic E-state index is -0.750. The maximum absolute atomic E-state index is 10.6. The van der Waals surface area contributed by atoms with Crippen LogP contribution in [0.25, 0.3) is 5.57 Å². The van der Waals surface area contributed by atoms with E-state index in [-0.39, 0.29) is 19.4 Å². The van der Waals surface area contributed by atoms with Crippen molar-refractivity contribution in [2.75, 3.05) is 0 Å². The number of nitrogens with zero attached hydrogens (tertiary/aromatic N) is 2. The molecule has 1 aliphatic rings. The minimum absolute atomic E-state index is 0. The molecule has 0 spiro atoms. The molecule has 0 aliphatic heterocycles. The zero-order chi connectivity index (χ0) is 19.3. The second-order valence-electron chi connectivity index (χ2n) is 7.01. The molecule has 3 rings (SSSR count). The molecule has 27 heavy (non-hydrogen) atoms. The van der Waals surface area contributed by atoms with Crippen LogP contribution in [-0.4, -0.2) is 29.4 Å². The summed E-state index contributed by atoms with van der Waals surface area (Å²) in [5.74, 6) is 0.673. The summed E-state index contributed by atoms with van der Waals surface area (Å²) in [7, 11) is 0. The van der Waals surface area contributed by atoms with Gasteiger partial charge in [0.15, 0.2) is 0 Å². The van der Waals surface area contributed by atoms with Gasteiger partial charge in [0.2, 0.25) is 0 Å². The number of benzene rings is 1. The van der Waals surface area contributed by atoms with Crippen molar-refractivity contribution in [1.29, 1.82) is 0 Å². The largest absolute Gasteiger partial charge is 0.389 e. The standard InChI is InChI=1S/C20H26N2O.CH4.O2S/c1-13-10-19(22-15(3)11-14(2)21-22)18(12-20(23)16(13)4)17-8-6-5-7-9-17;;1-3-2/h5-9,11-13,16,19-20,23H,10H2,1-4H3;1H4;/t13-,16+,19?,20-;;/m1../s1. The Labute approximate surface area is 165 Å². The molecule has 1 unspecified atom stereocenters. The smallest absolute Gasteiger partial charge is 0.335 e. The first-order valence-electron chi connectivity index (χ1n) is 8.78. The molecule has 4 atom stereocenters. The van der Waals surface area contributed by atoms with E-state index in [1.54, 1.807) is 0 Å². The fourth-order valence-corrected chi connectivity index (χ4v) is 3.59. The highest BCUT2D eigenvalue weighted by molar-refractivity contribution is 7.51. The highest BCUT2D eigenvalue weighted by Gasteiger charge is 2.31. The third-order valence-electron chi connectivity index (χ3n) is 5.19. The first-order chi connectivity index (χ1) is 12.4. The monoisotopic (exact) mass is 390 g/mol. The molecule has 1 heterocycles. The van der Waals surface area contributed by atoms with Crippen LogP contribution in [0.2, 0.25) is 0 Å². The van der Waals surface area contributed by atoms with E-state index in [4.69, 9.17) is 13.5 Å². The van der Waals surface area contributed by atoms with Crippen molar-refractivity contribution >= 4 is 17.1 Å². The Morgan fingerprint density at radius 1 is 1.15 bits per heavy atom. The summed E-state index contributed by atoms with van der Waals surface area (Å²) in [6.45, 7) is 8.51. The highest BCUT2D eigenvalue weighted by Crippen LogP contribution is 2.40. The van der Waals surface area contributed by atoms with Crippen molar-refractivity contribution < 1.29 is 13.5 Å². The lowest BCUT2D eigenvalue weighted by atomic mass is 9.88. The van der Waals surface area contributed by atoms with Gasteiger partial charge in [-0.1, -0.05) is 51.6 Å². The fourth-order valence-electron chi connectivity index (χ4n) is 3.59. The molecule has 2 aromatic rings. The lowest BCUT2D eigenvalue weighted by Gasteiger charge is -2.25. The average Bonchev–Trinajstić information content (AvgIpc) is 2.91. The van der Waals surface area contributed by atoms with E-state index >= 15 is 0 Å². The zero-order valence-electron chi connectivity index (χ0n) is 15.6. The van der Waals surface area contributed by atoms with Gasteiger partial charge in [-0.15, -0.1) is 0 Å². The molecule has 5 nitrogen and oxygen atoms in total. The third-order valence-corrected chi connectivity index (χ3v) is 5.19. The van der Waals surface area contributed by atoms with E-state index in [0.717, 1.165) is 12.1 Å². The van der Waals surface area contributed by atoms with Crippen LogP contribution >= 0.6 is 0 Å². The van der Waals surface area contributed by atoms with Crippen LogP contribution in [0, 0.1) is 25.7 Å². The van der Waals surface area contributed by atoms with Crippen LogP contribution in [0.3, 0.4) is 0 Å². The Hall–Kier alpha value is -2.05. The van der Waals surface area contributed by atoms with Gasteiger partial charge in [0.25, 0.3) is 0 Å². The molecule has 1 aromatic carbocycles. The van der Waals surface area contributed by atoms with Crippen molar-refractivity contribution in [2.24, 2.45) is 11.8 Å². The molecule has 0 radical (unpaired) electrons. The number of aliphatic hydroxyl groups excluding tert-OH is 1. The van der Waals surface area contributed by atoms with E-state index in [2.05, 4.69) is 55.8 Å². The maximum Gasteiger partial charge on any atom is 0.335 e. The van der Waals surface area contributed by atoms with E-state index in [9.17, 15) is 5.11 Å². The van der Waals surface area contributed by atoms with Crippen molar-refractivity contribution in [3.63, 3.8) is 0 Å². The van der Waals surface area contributed by atoms with E-state index in [1.807, 2.05) is 19.1 Å². The Bertz CT molecular complexity index is 795. The molecule has 0 saturated carbocycles. The van der Waals surface area contributed by atoms with Crippen LogP contribution < -0.4 is 0 Å². The highest BCUT2D eigenvalue weighted by atomic mass is 32.1. The van der Waals surface area contributed by atoms with Crippen molar-refractivity contribution in [1.82, 2.24) is 9.78 Å². The zero-order valence-corrected chi connectivity index (χ0v) is 16.4. The van der Waals surface area contributed by atoms with Gasteiger partial charge in [0, 0.05) is 5.69 Å². The third kappa shape index (κ3) is 5.47. The predicted molar refractivity (Wildman–Crippen MR) is 110 cm³/mol. The summed E-state index contributed by atoms with van der Waals surface area (Å²) in [6, 6.07) is 12.7. The summed E-state index contributed by atoms with van der Waals surface area (Å²) in [5.41, 5.74) is 4.57. The molecule has 1 aliphatic carbocycles. The van der Waals surface area contributed by atoms with Gasteiger partial charge in [-0.25, -0.2) is 0 Å². The second-order valence-corrected chi connectivity index (χ2v) is 7.14.